The van der Waals surface area contributed by atoms with E-state index in [9.17, 15) is 19.2 Å². The molecule has 2 aliphatic rings. The van der Waals surface area contributed by atoms with Crippen LogP contribution in [0.15, 0.2) is 42.5 Å². The summed E-state index contributed by atoms with van der Waals surface area (Å²) in [6.07, 6.45) is 3.42. The molecule has 0 spiro atoms. The fourth-order valence-corrected chi connectivity index (χ4v) is 3.44. The van der Waals surface area contributed by atoms with Gasteiger partial charge in [-0.05, 0) is 63.6 Å². The van der Waals surface area contributed by atoms with Gasteiger partial charge in [0.1, 0.15) is 5.60 Å². The van der Waals surface area contributed by atoms with Crippen LogP contribution in [0, 0.1) is 0 Å². The molecule has 0 bridgehead atoms. The molecule has 1 saturated heterocycles. The molecule has 158 valence electrons. The topological polar surface area (TPSA) is 84.0 Å². The third kappa shape index (κ3) is 4.84. The lowest BCUT2D eigenvalue weighted by atomic mass is 9.95. The van der Waals surface area contributed by atoms with Crippen LogP contribution in [0.3, 0.4) is 0 Å². The van der Waals surface area contributed by atoms with Crippen molar-refractivity contribution in [2.45, 2.75) is 39.3 Å². The van der Waals surface area contributed by atoms with E-state index in [1.54, 1.807) is 34.1 Å². The van der Waals surface area contributed by atoms with Crippen molar-refractivity contribution in [3.8, 4) is 0 Å². The van der Waals surface area contributed by atoms with E-state index in [-0.39, 0.29) is 29.6 Å². The smallest absolute Gasteiger partial charge is 0.410 e. The number of amides is 2. The molecule has 1 aliphatic carbocycles. The van der Waals surface area contributed by atoms with Crippen molar-refractivity contribution in [2.24, 2.45) is 0 Å². The number of hydrogen-bond donors (Lipinski definition) is 0. The summed E-state index contributed by atoms with van der Waals surface area (Å²) in [7, 11) is 0. The van der Waals surface area contributed by atoms with E-state index in [0.29, 0.717) is 36.3 Å². The zero-order valence-corrected chi connectivity index (χ0v) is 17.7. The summed E-state index contributed by atoms with van der Waals surface area (Å²) >= 11 is 0. The largest absolute Gasteiger partial charge is 0.444 e. The number of carbonyl (C=O) groups is 4. The van der Waals surface area contributed by atoms with Crippen molar-refractivity contribution in [1.82, 2.24) is 9.80 Å². The predicted octanol–water partition coefficient (Wildman–Crippen LogP) is 2.86. The minimum absolute atomic E-state index is 0.141. The third-order valence-corrected chi connectivity index (χ3v) is 4.93. The van der Waals surface area contributed by atoms with Crippen molar-refractivity contribution in [2.75, 3.05) is 19.6 Å². The Hall–Kier alpha value is -3.22. The van der Waals surface area contributed by atoms with Gasteiger partial charge in [-0.2, -0.15) is 0 Å². The highest BCUT2D eigenvalue weighted by atomic mass is 16.6. The second kappa shape index (κ2) is 8.26. The van der Waals surface area contributed by atoms with E-state index >= 15 is 0 Å². The lowest BCUT2D eigenvalue weighted by molar-refractivity contribution is -0.113. The summed E-state index contributed by atoms with van der Waals surface area (Å²) < 4.78 is 5.41. The molecule has 0 saturated carbocycles. The van der Waals surface area contributed by atoms with Crippen molar-refractivity contribution in [3.05, 3.63) is 53.6 Å². The highest BCUT2D eigenvalue weighted by molar-refractivity contribution is 6.33. The zero-order valence-electron chi connectivity index (χ0n) is 17.7. The van der Waals surface area contributed by atoms with Gasteiger partial charge in [-0.3, -0.25) is 14.4 Å². The van der Waals surface area contributed by atoms with Crippen LogP contribution in [-0.4, -0.2) is 64.6 Å². The fourth-order valence-electron chi connectivity index (χ4n) is 3.44. The van der Waals surface area contributed by atoms with Crippen LogP contribution in [0.25, 0.3) is 5.57 Å². The van der Waals surface area contributed by atoms with Gasteiger partial charge in [-0.15, -0.1) is 0 Å². The second-order valence-corrected chi connectivity index (χ2v) is 8.51. The molecule has 1 aromatic rings. The number of ketones is 2. The highest BCUT2D eigenvalue weighted by Crippen LogP contribution is 2.22. The summed E-state index contributed by atoms with van der Waals surface area (Å²) in [6.45, 7) is 8.56. The Morgan fingerprint density at radius 3 is 2.30 bits per heavy atom. The van der Waals surface area contributed by atoms with E-state index < -0.39 is 5.60 Å². The summed E-state index contributed by atoms with van der Waals surface area (Å²) in [6, 6.07) is 6.49. The van der Waals surface area contributed by atoms with E-state index in [4.69, 9.17) is 4.74 Å². The van der Waals surface area contributed by atoms with Gasteiger partial charge < -0.3 is 14.5 Å². The normalized spacial score (nSPS) is 19.6. The molecule has 0 radical (unpaired) electrons. The molecule has 1 heterocycles. The molecule has 1 aromatic carbocycles. The average molecular weight is 410 g/mol. The number of hydrogen-bond acceptors (Lipinski definition) is 5. The molecule has 1 aliphatic heterocycles. The lowest BCUT2D eigenvalue weighted by Crippen LogP contribution is -2.56. The molecule has 7 heteroatoms. The SMILES string of the molecule is CC1CN(C(=O)OC(C)(C)C)CCN1C(=O)c1ccc(C2=CC(=O)C=CC2=O)cc1. The van der Waals surface area contributed by atoms with Crippen LogP contribution in [0.1, 0.15) is 43.6 Å². The third-order valence-electron chi connectivity index (χ3n) is 4.93. The number of benzene rings is 1. The standard InChI is InChI=1S/C23H26N2O5/c1-15-14-24(22(29)30-23(2,3)4)11-12-25(15)21(28)17-7-5-16(6-8-17)19-13-18(26)9-10-20(19)27/h5-10,13,15H,11-12,14H2,1-4H3. The molecule has 1 atom stereocenters. The number of piperazine rings is 1. The quantitative estimate of drug-likeness (QED) is 0.700. The summed E-state index contributed by atoms with van der Waals surface area (Å²) in [5.74, 6) is -0.611. The van der Waals surface area contributed by atoms with Gasteiger partial charge in [0, 0.05) is 36.8 Å². The molecule has 30 heavy (non-hydrogen) atoms. The van der Waals surface area contributed by atoms with Crippen LogP contribution in [0.4, 0.5) is 4.79 Å². The van der Waals surface area contributed by atoms with Crippen molar-refractivity contribution >= 4 is 29.1 Å². The van der Waals surface area contributed by atoms with E-state index in [0.717, 1.165) is 0 Å². The van der Waals surface area contributed by atoms with Gasteiger partial charge in [-0.1, -0.05) is 12.1 Å². The van der Waals surface area contributed by atoms with Crippen LogP contribution < -0.4 is 0 Å². The Kier molecular flexibility index (Phi) is 5.92. The van der Waals surface area contributed by atoms with Crippen LogP contribution in [0.2, 0.25) is 0 Å². The summed E-state index contributed by atoms with van der Waals surface area (Å²) in [5, 5.41) is 0. The van der Waals surface area contributed by atoms with Gasteiger partial charge in [0.05, 0.1) is 0 Å². The summed E-state index contributed by atoms with van der Waals surface area (Å²) in [4.78, 5) is 52.1. The Morgan fingerprint density at radius 1 is 1.03 bits per heavy atom. The fraction of sp³-hybridized carbons (Fsp3) is 0.391. The van der Waals surface area contributed by atoms with E-state index in [2.05, 4.69) is 0 Å². The van der Waals surface area contributed by atoms with Crippen molar-refractivity contribution < 1.29 is 23.9 Å². The number of nitrogens with zero attached hydrogens (tertiary/aromatic N) is 2. The van der Waals surface area contributed by atoms with Crippen molar-refractivity contribution in [3.63, 3.8) is 0 Å². The molecular formula is C23H26N2O5. The molecule has 3 rings (SSSR count). The minimum Gasteiger partial charge on any atom is -0.444 e. The predicted molar refractivity (Wildman–Crippen MR) is 112 cm³/mol. The van der Waals surface area contributed by atoms with Gasteiger partial charge in [0.15, 0.2) is 11.6 Å². The minimum atomic E-state index is -0.565. The van der Waals surface area contributed by atoms with Crippen LogP contribution in [-0.2, 0) is 14.3 Å². The monoisotopic (exact) mass is 410 g/mol. The first kappa shape index (κ1) is 21.5. The molecule has 0 aromatic heterocycles. The molecule has 0 N–H and O–H groups in total. The Labute approximate surface area is 176 Å². The van der Waals surface area contributed by atoms with Gasteiger partial charge >= 0.3 is 6.09 Å². The second-order valence-electron chi connectivity index (χ2n) is 8.51. The highest BCUT2D eigenvalue weighted by Gasteiger charge is 2.32. The molecular weight excluding hydrogens is 384 g/mol. The van der Waals surface area contributed by atoms with Gasteiger partial charge in [-0.25, -0.2) is 4.79 Å². The Bertz CT molecular complexity index is 937. The van der Waals surface area contributed by atoms with Crippen LogP contribution >= 0.6 is 0 Å². The van der Waals surface area contributed by atoms with Gasteiger partial charge in [0.25, 0.3) is 5.91 Å². The molecule has 2 amide bonds. The lowest BCUT2D eigenvalue weighted by Gasteiger charge is -2.40. The molecule has 1 fully saturated rings. The number of allylic oxidation sites excluding steroid dienone is 4. The maximum atomic E-state index is 13.0. The molecule has 7 nitrogen and oxygen atoms in total. The Balaban J connectivity index is 1.67. The maximum Gasteiger partial charge on any atom is 0.410 e. The van der Waals surface area contributed by atoms with Gasteiger partial charge in [0.2, 0.25) is 0 Å². The number of ether oxygens (including phenoxy) is 1. The maximum absolute atomic E-state index is 13.0. The zero-order chi connectivity index (χ0) is 22.1. The van der Waals surface area contributed by atoms with E-state index in [1.807, 2.05) is 27.7 Å². The molecule has 1 unspecified atom stereocenters. The number of rotatable bonds is 2. The number of carbonyl (C=O) groups excluding carboxylic acids is 4. The first-order valence-corrected chi connectivity index (χ1v) is 9.92. The first-order valence-electron chi connectivity index (χ1n) is 9.92. The van der Waals surface area contributed by atoms with Crippen LogP contribution in [0.5, 0.6) is 0 Å². The average Bonchev–Trinajstić information content (AvgIpc) is 2.68. The first-order chi connectivity index (χ1) is 14.0. The van der Waals surface area contributed by atoms with Crippen molar-refractivity contribution in [1.29, 1.82) is 0 Å². The van der Waals surface area contributed by atoms with E-state index in [1.165, 1.54) is 18.2 Å². The summed E-state index contributed by atoms with van der Waals surface area (Å²) in [5.41, 5.74) is 0.838. The Morgan fingerprint density at radius 2 is 1.70 bits per heavy atom.